The van der Waals surface area contributed by atoms with E-state index >= 15 is 0 Å². The highest BCUT2D eigenvalue weighted by Crippen LogP contribution is 2.37. The number of nitrogens with two attached hydrogens (primary N) is 1. The Bertz CT molecular complexity index is 442. The van der Waals surface area contributed by atoms with E-state index in [1.807, 2.05) is 6.07 Å². The molecule has 1 aliphatic heterocycles. The molecule has 100 valence electrons. The molecule has 0 amide bonds. The van der Waals surface area contributed by atoms with Crippen molar-refractivity contribution < 1.29 is 4.39 Å². The quantitative estimate of drug-likeness (QED) is 0.860. The molecule has 1 saturated heterocycles. The van der Waals surface area contributed by atoms with Gasteiger partial charge in [-0.25, -0.2) is 4.39 Å². The topological polar surface area (TPSA) is 29.3 Å². The van der Waals surface area contributed by atoms with Crippen molar-refractivity contribution in [2.24, 2.45) is 5.73 Å². The van der Waals surface area contributed by atoms with Crippen molar-refractivity contribution >= 4 is 15.9 Å². The molecule has 0 spiro atoms. The molecule has 2 nitrogen and oxygen atoms in total. The maximum absolute atomic E-state index is 13.7. The molecule has 2 unspecified atom stereocenters. The maximum atomic E-state index is 13.7. The first-order valence-electron chi connectivity index (χ1n) is 6.28. The van der Waals surface area contributed by atoms with Crippen LogP contribution in [-0.2, 0) is 0 Å². The second kappa shape index (κ2) is 4.91. The van der Waals surface area contributed by atoms with Gasteiger partial charge in [0.05, 0.1) is 10.5 Å². The van der Waals surface area contributed by atoms with Gasteiger partial charge in [-0.05, 0) is 60.8 Å². The Morgan fingerprint density at radius 3 is 2.61 bits per heavy atom. The van der Waals surface area contributed by atoms with Gasteiger partial charge in [0.2, 0.25) is 0 Å². The van der Waals surface area contributed by atoms with E-state index in [9.17, 15) is 4.39 Å². The highest BCUT2D eigenvalue weighted by molar-refractivity contribution is 9.10. The fourth-order valence-corrected chi connectivity index (χ4v) is 2.94. The molecule has 1 heterocycles. The molecular weight excluding hydrogens is 295 g/mol. The van der Waals surface area contributed by atoms with Crippen LogP contribution in [0.5, 0.6) is 0 Å². The average Bonchev–Trinajstić information content (AvgIpc) is 2.64. The molecule has 2 rings (SSSR count). The molecule has 0 aliphatic carbocycles. The third-order valence-electron chi connectivity index (χ3n) is 3.59. The first-order valence-corrected chi connectivity index (χ1v) is 7.07. The predicted octanol–water partition coefficient (Wildman–Crippen LogP) is 3.46. The van der Waals surface area contributed by atoms with E-state index in [1.165, 1.54) is 0 Å². The zero-order chi connectivity index (χ0) is 13.5. The summed E-state index contributed by atoms with van der Waals surface area (Å²) >= 11 is 3.19. The zero-order valence-corrected chi connectivity index (χ0v) is 12.7. The summed E-state index contributed by atoms with van der Waals surface area (Å²) < 4.78 is 14.2. The lowest BCUT2D eigenvalue weighted by Crippen LogP contribution is -2.43. The third kappa shape index (κ3) is 2.60. The van der Waals surface area contributed by atoms with E-state index in [1.54, 1.807) is 12.1 Å². The van der Waals surface area contributed by atoms with Gasteiger partial charge in [0.15, 0.2) is 0 Å². The molecule has 1 aromatic rings. The molecule has 4 heteroatoms. The number of likely N-dealkylation sites (tertiary alicyclic amines) is 1. The van der Waals surface area contributed by atoms with Gasteiger partial charge < -0.3 is 5.73 Å². The summed E-state index contributed by atoms with van der Waals surface area (Å²) in [6.45, 7) is 7.49. The molecule has 0 aromatic heterocycles. The SMILES string of the molecule is CC(C)(C)N1CCC(N)C1c1ccc(Br)c(F)c1. The normalized spacial score (nSPS) is 25.7. The van der Waals surface area contributed by atoms with Gasteiger partial charge in [-0.1, -0.05) is 6.07 Å². The minimum Gasteiger partial charge on any atom is -0.326 e. The molecule has 1 fully saturated rings. The Balaban J connectivity index is 2.37. The molecule has 1 aliphatic rings. The van der Waals surface area contributed by atoms with Crippen molar-refractivity contribution in [3.63, 3.8) is 0 Å². The lowest BCUT2D eigenvalue weighted by molar-refractivity contribution is 0.117. The molecule has 1 aromatic carbocycles. The van der Waals surface area contributed by atoms with Crippen LogP contribution in [0, 0.1) is 5.82 Å². The Morgan fingerprint density at radius 2 is 2.06 bits per heavy atom. The van der Waals surface area contributed by atoms with E-state index in [0.29, 0.717) is 4.47 Å². The van der Waals surface area contributed by atoms with Crippen molar-refractivity contribution in [2.75, 3.05) is 6.54 Å². The lowest BCUT2D eigenvalue weighted by Gasteiger charge is -2.38. The van der Waals surface area contributed by atoms with E-state index < -0.39 is 0 Å². The maximum Gasteiger partial charge on any atom is 0.137 e. The van der Waals surface area contributed by atoms with E-state index in [2.05, 4.69) is 41.6 Å². The zero-order valence-electron chi connectivity index (χ0n) is 11.1. The lowest BCUT2D eigenvalue weighted by atomic mass is 9.97. The highest BCUT2D eigenvalue weighted by atomic mass is 79.9. The summed E-state index contributed by atoms with van der Waals surface area (Å²) in [4.78, 5) is 2.36. The van der Waals surface area contributed by atoms with Crippen LogP contribution in [0.15, 0.2) is 22.7 Å². The average molecular weight is 315 g/mol. The standard InChI is InChI=1S/C14H20BrFN2/c1-14(2,3)18-7-6-12(17)13(18)9-4-5-10(15)11(16)8-9/h4-5,8,12-13H,6-7,17H2,1-3H3. The molecule has 0 radical (unpaired) electrons. The van der Waals surface area contributed by atoms with Crippen molar-refractivity contribution in [1.29, 1.82) is 0 Å². The van der Waals surface area contributed by atoms with E-state index in [4.69, 9.17) is 5.73 Å². The number of rotatable bonds is 1. The molecule has 0 bridgehead atoms. The summed E-state index contributed by atoms with van der Waals surface area (Å²) in [5, 5.41) is 0. The van der Waals surface area contributed by atoms with E-state index in [0.717, 1.165) is 18.5 Å². The smallest absolute Gasteiger partial charge is 0.137 e. The molecular formula is C14H20BrFN2. The monoisotopic (exact) mass is 314 g/mol. The number of benzene rings is 1. The van der Waals surface area contributed by atoms with Crippen molar-refractivity contribution in [3.05, 3.63) is 34.1 Å². The molecule has 0 saturated carbocycles. The van der Waals surface area contributed by atoms with Crippen LogP contribution in [0.25, 0.3) is 0 Å². The minimum atomic E-state index is -0.222. The van der Waals surface area contributed by atoms with Gasteiger partial charge in [-0.2, -0.15) is 0 Å². The second-order valence-corrected chi connectivity index (χ2v) is 6.79. The van der Waals surface area contributed by atoms with Crippen molar-refractivity contribution in [3.8, 4) is 0 Å². The predicted molar refractivity (Wildman–Crippen MR) is 75.9 cm³/mol. The third-order valence-corrected chi connectivity index (χ3v) is 4.23. The van der Waals surface area contributed by atoms with Crippen LogP contribution in [0.4, 0.5) is 4.39 Å². The molecule has 2 N–H and O–H groups in total. The van der Waals surface area contributed by atoms with Gasteiger partial charge in [-0.3, -0.25) is 4.90 Å². The van der Waals surface area contributed by atoms with Crippen LogP contribution >= 0.6 is 15.9 Å². The molecule has 2 atom stereocenters. The van der Waals surface area contributed by atoms with E-state index in [-0.39, 0.29) is 23.4 Å². The van der Waals surface area contributed by atoms with Gasteiger partial charge in [0, 0.05) is 18.1 Å². The fraction of sp³-hybridized carbons (Fsp3) is 0.571. The molecule has 18 heavy (non-hydrogen) atoms. The summed E-state index contributed by atoms with van der Waals surface area (Å²) in [6.07, 6.45) is 0.958. The summed E-state index contributed by atoms with van der Waals surface area (Å²) in [5.41, 5.74) is 7.22. The van der Waals surface area contributed by atoms with Crippen LogP contribution in [0.3, 0.4) is 0 Å². The van der Waals surface area contributed by atoms with Crippen LogP contribution in [-0.4, -0.2) is 23.0 Å². The number of hydrogen-bond donors (Lipinski definition) is 1. The van der Waals surface area contributed by atoms with Crippen molar-refractivity contribution in [2.45, 2.75) is 44.8 Å². The Morgan fingerprint density at radius 1 is 1.39 bits per heavy atom. The summed E-state index contributed by atoms with van der Waals surface area (Å²) in [7, 11) is 0. The van der Waals surface area contributed by atoms with Crippen LogP contribution in [0.1, 0.15) is 38.8 Å². The largest absolute Gasteiger partial charge is 0.326 e. The van der Waals surface area contributed by atoms with Crippen molar-refractivity contribution in [1.82, 2.24) is 4.90 Å². The van der Waals surface area contributed by atoms with Crippen LogP contribution < -0.4 is 5.73 Å². The Labute approximate surface area is 116 Å². The summed E-state index contributed by atoms with van der Waals surface area (Å²) in [6, 6.07) is 5.49. The fourth-order valence-electron chi connectivity index (χ4n) is 2.69. The number of hydrogen-bond acceptors (Lipinski definition) is 2. The van der Waals surface area contributed by atoms with Gasteiger partial charge in [0.1, 0.15) is 5.82 Å². The first kappa shape index (κ1) is 14.0. The van der Waals surface area contributed by atoms with Gasteiger partial charge >= 0.3 is 0 Å². The highest BCUT2D eigenvalue weighted by Gasteiger charge is 2.38. The van der Waals surface area contributed by atoms with Gasteiger partial charge in [0.25, 0.3) is 0 Å². The second-order valence-electron chi connectivity index (χ2n) is 5.94. The Hall–Kier alpha value is -0.450. The number of nitrogens with zero attached hydrogens (tertiary/aromatic N) is 1. The van der Waals surface area contributed by atoms with Gasteiger partial charge in [-0.15, -0.1) is 0 Å². The minimum absolute atomic E-state index is 0.0440. The Kier molecular flexibility index (Phi) is 3.81. The first-order chi connectivity index (χ1) is 8.30. The summed E-state index contributed by atoms with van der Waals surface area (Å²) in [5.74, 6) is -0.222. The van der Waals surface area contributed by atoms with Crippen LogP contribution in [0.2, 0.25) is 0 Å². The number of halogens is 2.